The number of rotatable bonds is 19. The van der Waals surface area contributed by atoms with Crippen molar-refractivity contribution >= 4 is 11.8 Å². The first-order chi connectivity index (χ1) is 22.1. The Morgan fingerprint density at radius 1 is 0.891 bits per heavy atom. The molecule has 2 amide bonds. The standard InChI is InChI=1S/C36H48F2N4O4/c1-5-13-42(14-6-2)36(45)29-16-25(3)15-28(21-29)35(44)41-33(20-27-17-30(37)22-31(38)18-27)34(43)24-40-12-8-11-39-23-26-9-7-10-32(19-26)46-4/h7,9-10,15-19,21-22,33-34,39-40,43H,5-6,8,11-14,20,23-24H2,1-4H3,(H,41,44)/t33-,34-/m0/s1. The predicted molar refractivity (Wildman–Crippen MR) is 177 cm³/mol. The summed E-state index contributed by atoms with van der Waals surface area (Å²) in [6.45, 7) is 9.26. The van der Waals surface area contributed by atoms with E-state index >= 15 is 0 Å². The number of hydrogen-bond donors (Lipinski definition) is 4. The normalized spacial score (nSPS) is 12.4. The molecule has 3 aromatic carbocycles. The summed E-state index contributed by atoms with van der Waals surface area (Å²) >= 11 is 0. The van der Waals surface area contributed by atoms with E-state index in [2.05, 4.69) is 16.0 Å². The Morgan fingerprint density at radius 2 is 1.57 bits per heavy atom. The van der Waals surface area contributed by atoms with Crippen molar-refractivity contribution < 1.29 is 28.2 Å². The Bertz CT molecular complexity index is 1390. The average molecular weight is 639 g/mol. The van der Waals surface area contributed by atoms with Crippen LogP contribution in [0.5, 0.6) is 5.75 Å². The molecule has 3 rings (SSSR count). The van der Waals surface area contributed by atoms with Crippen molar-refractivity contribution in [1.82, 2.24) is 20.9 Å². The highest BCUT2D eigenvalue weighted by molar-refractivity contribution is 6.00. The second kappa shape index (κ2) is 19.0. The Kier molecular flexibility index (Phi) is 15.1. The Hall–Kier alpha value is -3.86. The molecule has 0 aliphatic carbocycles. The fourth-order valence-electron chi connectivity index (χ4n) is 5.34. The van der Waals surface area contributed by atoms with E-state index in [0.29, 0.717) is 37.3 Å². The molecule has 0 heterocycles. The van der Waals surface area contributed by atoms with Crippen LogP contribution in [0, 0.1) is 18.6 Å². The second-order valence-electron chi connectivity index (χ2n) is 11.6. The van der Waals surface area contributed by atoms with Crippen molar-refractivity contribution in [1.29, 1.82) is 0 Å². The molecule has 0 aliphatic heterocycles. The summed E-state index contributed by atoms with van der Waals surface area (Å²) in [4.78, 5) is 28.5. The van der Waals surface area contributed by atoms with Crippen LogP contribution in [0.1, 0.15) is 70.5 Å². The molecule has 0 spiro atoms. The first-order valence-corrected chi connectivity index (χ1v) is 16.0. The second-order valence-corrected chi connectivity index (χ2v) is 11.6. The van der Waals surface area contributed by atoms with Crippen LogP contribution in [0.25, 0.3) is 0 Å². The van der Waals surface area contributed by atoms with Gasteiger partial charge in [-0.05, 0) is 105 Å². The number of aliphatic hydroxyl groups is 1. The molecule has 0 aromatic heterocycles. The molecule has 0 saturated carbocycles. The van der Waals surface area contributed by atoms with E-state index in [4.69, 9.17) is 4.74 Å². The molecule has 0 saturated heterocycles. The zero-order valence-corrected chi connectivity index (χ0v) is 27.4. The van der Waals surface area contributed by atoms with Crippen molar-refractivity contribution in [2.75, 3.05) is 39.8 Å². The van der Waals surface area contributed by atoms with Crippen LogP contribution in [-0.4, -0.2) is 73.8 Å². The van der Waals surface area contributed by atoms with Gasteiger partial charge in [-0.3, -0.25) is 9.59 Å². The number of amides is 2. The number of methoxy groups -OCH3 is 1. The van der Waals surface area contributed by atoms with E-state index in [1.165, 1.54) is 12.1 Å². The molecule has 0 bridgehead atoms. The third-order valence-corrected chi connectivity index (χ3v) is 7.54. The van der Waals surface area contributed by atoms with Gasteiger partial charge in [-0.25, -0.2) is 8.78 Å². The average Bonchev–Trinajstić information content (AvgIpc) is 3.02. The summed E-state index contributed by atoms with van der Waals surface area (Å²) in [5, 5.41) is 20.6. The van der Waals surface area contributed by atoms with Gasteiger partial charge in [0.05, 0.1) is 19.3 Å². The van der Waals surface area contributed by atoms with Crippen LogP contribution in [0.4, 0.5) is 8.78 Å². The molecule has 8 nitrogen and oxygen atoms in total. The Balaban J connectivity index is 1.64. The van der Waals surface area contributed by atoms with Crippen LogP contribution in [0.15, 0.2) is 60.7 Å². The van der Waals surface area contributed by atoms with Crippen LogP contribution < -0.4 is 20.7 Å². The van der Waals surface area contributed by atoms with Crippen LogP contribution in [0.3, 0.4) is 0 Å². The highest BCUT2D eigenvalue weighted by Gasteiger charge is 2.24. The minimum atomic E-state index is -1.06. The maximum atomic E-state index is 14.0. The van der Waals surface area contributed by atoms with Gasteiger partial charge in [-0.2, -0.15) is 0 Å². The lowest BCUT2D eigenvalue weighted by molar-refractivity contribution is 0.0755. The molecule has 0 radical (unpaired) electrons. The van der Waals surface area contributed by atoms with Gasteiger partial charge in [-0.1, -0.05) is 26.0 Å². The summed E-state index contributed by atoms with van der Waals surface area (Å²) in [6, 6.07) is 15.1. The monoisotopic (exact) mass is 638 g/mol. The minimum absolute atomic E-state index is 0.00371. The maximum absolute atomic E-state index is 14.0. The highest BCUT2D eigenvalue weighted by Crippen LogP contribution is 2.16. The molecule has 3 aromatic rings. The van der Waals surface area contributed by atoms with E-state index < -0.39 is 29.7 Å². The van der Waals surface area contributed by atoms with Crippen molar-refractivity contribution in [3.63, 3.8) is 0 Å². The number of carbonyl (C=O) groups is 2. The van der Waals surface area contributed by atoms with E-state index in [0.717, 1.165) is 48.8 Å². The molecular formula is C36H48F2N4O4. The Labute approximate surface area is 271 Å². The minimum Gasteiger partial charge on any atom is -0.497 e. The first-order valence-electron chi connectivity index (χ1n) is 16.0. The van der Waals surface area contributed by atoms with Gasteiger partial charge in [0, 0.05) is 43.4 Å². The van der Waals surface area contributed by atoms with Gasteiger partial charge in [-0.15, -0.1) is 0 Å². The quantitative estimate of drug-likeness (QED) is 0.138. The number of hydrogen-bond acceptors (Lipinski definition) is 6. The summed E-state index contributed by atoms with van der Waals surface area (Å²) in [7, 11) is 1.63. The lowest BCUT2D eigenvalue weighted by Gasteiger charge is -2.25. The van der Waals surface area contributed by atoms with Crippen molar-refractivity contribution in [3.8, 4) is 5.75 Å². The van der Waals surface area contributed by atoms with Gasteiger partial charge in [0.1, 0.15) is 17.4 Å². The number of carbonyl (C=O) groups excluding carboxylic acids is 2. The lowest BCUT2D eigenvalue weighted by Crippen LogP contribution is -2.49. The van der Waals surface area contributed by atoms with E-state index in [9.17, 15) is 23.5 Å². The number of nitrogens with zero attached hydrogens (tertiary/aromatic N) is 1. The largest absolute Gasteiger partial charge is 0.497 e. The van der Waals surface area contributed by atoms with Crippen molar-refractivity contribution in [3.05, 3.63) is 100 Å². The van der Waals surface area contributed by atoms with Gasteiger partial charge in [0.15, 0.2) is 0 Å². The highest BCUT2D eigenvalue weighted by atomic mass is 19.1. The smallest absolute Gasteiger partial charge is 0.253 e. The molecule has 4 N–H and O–H groups in total. The predicted octanol–water partition coefficient (Wildman–Crippen LogP) is 5.02. The van der Waals surface area contributed by atoms with Crippen molar-refractivity contribution in [2.24, 2.45) is 0 Å². The SMILES string of the molecule is CCCN(CCC)C(=O)c1cc(C)cc(C(=O)N[C@@H](Cc2cc(F)cc(F)c2)[C@@H](O)CNCCCNCc2cccc(OC)c2)c1. The lowest BCUT2D eigenvalue weighted by atomic mass is 9.99. The molecule has 0 unspecified atom stereocenters. The maximum Gasteiger partial charge on any atom is 0.253 e. The molecular weight excluding hydrogens is 590 g/mol. The topological polar surface area (TPSA) is 103 Å². The Morgan fingerprint density at radius 3 is 2.24 bits per heavy atom. The zero-order chi connectivity index (χ0) is 33.5. The van der Waals surface area contributed by atoms with Crippen LogP contribution in [-0.2, 0) is 13.0 Å². The number of aryl methyl sites for hydroxylation is 1. The summed E-state index contributed by atoms with van der Waals surface area (Å²) in [6.07, 6.45) is 1.37. The van der Waals surface area contributed by atoms with Gasteiger partial charge in [0.2, 0.25) is 0 Å². The molecule has 0 fully saturated rings. The fourth-order valence-corrected chi connectivity index (χ4v) is 5.34. The number of halogens is 2. The van der Waals surface area contributed by atoms with Gasteiger partial charge < -0.3 is 30.7 Å². The third-order valence-electron chi connectivity index (χ3n) is 7.54. The van der Waals surface area contributed by atoms with Crippen molar-refractivity contribution in [2.45, 2.75) is 65.1 Å². The molecule has 46 heavy (non-hydrogen) atoms. The number of aliphatic hydroxyl groups excluding tert-OH is 1. The number of benzene rings is 3. The zero-order valence-electron chi connectivity index (χ0n) is 27.4. The third kappa shape index (κ3) is 11.8. The molecule has 10 heteroatoms. The summed E-state index contributed by atoms with van der Waals surface area (Å²) in [5.41, 5.74) is 2.85. The van der Waals surface area contributed by atoms with E-state index in [1.807, 2.05) is 45.0 Å². The van der Waals surface area contributed by atoms with E-state index in [-0.39, 0.29) is 24.4 Å². The van der Waals surface area contributed by atoms with Gasteiger partial charge >= 0.3 is 0 Å². The molecule has 0 aliphatic rings. The summed E-state index contributed by atoms with van der Waals surface area (Å²) in [5.74, 6) is -1.30. The fraction of sp³-hybridized carbons (Fsp3) is 0.444. The van der Waals surface area contributed by atoms with E-state index in [1.54, 1.807) is 30.2 Å². The van der Waals surface area contributed by atoms with Crippen LogP contribution >= 0.6 is 0 Å². The molecule has 2 atom stereocenters. The van der Waals surface area contributed by atoms with Gasteiger partial charge in [0.25, 0.3) is 11.8 Å². The first kappa shape index (κ1) is 36.6. The summed E-state index contributed by atoms with van der Waals surface area (Å²) < 4.78 is 33.2. The number of nitrogens with one attached hydrogen (secondary N) is 3. The molecule has 250 valence electrons. The van der Waals surface area contributed by atoms with Crippen LogP contribution in [0.2, 0.25) is 0 Å². The number of ether oxygens (including phenoxy) is 1.